The van der Waals surface area contributed by atoms with E-state index in [1.807, 2.05) is 30.3 Å². The normalized spacial score (nSPS) is 24.6. The lowest BCUT2D eigenvalue weighted by molar-refractivity contribution is 0.0869. The lowest BCUT2D eigenvalue weighted by Gasteiger charge is -2.26. The van der Waals surface area contributed by atoms with Crippen molar-refractivity contribution in [1.82, 2.24) is 10.3 Å². The highest BCUT2D eigenvalue weighted by Gasteiger charge is 2.27. The molecule has 2 aromatic rings. The van der Waals surface area contributed by atoms with Gasteiger partial charge in [-0.3, -0.25) is 9.78 Å². The van der Waals surface area contributed by atoms with Crippen LogP contribution in [-0.4, -0.2) is 28.1 Å². The average Bonchev–Trinajstić information content (AvgIpc) is 3.41. The molecule has 120 valence electrons. The minimum atomic E-state index is -0.202. The molecule has 0 aliphatic heterocycles. The third kappa shape index (κ3) is 3.08. The van der Waals surface area contributed by atoms with Crippen molar-refractivity contribution in [2.24, 2.45) is 0 Å². The van der Waals surface area contributed by atoms with Gasteiger partial charge in [0.1, 0.15) is 0 Å². The first-order chi connectivity index (χ1) is 11.2. The van der Waals surface area contributed by atoms with E-state index in [0.29, 0.717) is 5.92 Å². The largest absolute Gasteiger partial charge is 0.393 e. The maximum absolute atomic E-state index is 12.8. The van der Waals surface area contributed by atoms with Gasteiger partial charge >= 0.3 is 0 Å². The van der Waals surface area contributed by atoms with E-state index in [2.05, 4.69) is 5.32 Å². The predicted molar refractivity (Wildman–Crippen MR) is 89.4 cm³/mol. The molecule has 0 bridgehead atoms. The zero-order chi connectivity index (χ0) is 15.8. The van der Waals surface area contributed by atoms with Crippen molar-refractivity contribution in [3.8, 4) is 0 Å². The van der Waals surface area contributed by atoms with Crippen molar-refractivity contribution in [2.45, 2.75) is 56.6 Å². The summed E-state index contributed by atoms with van der Waals surface area (Å²) in [6.45, 7) is 0. The summed E-state index contributed by atoms with van der Waals surface area (Å²) in [5.74, 6) is 0.517. The summed E-state index contributed by atoms with van der Waals surface area (Å²) in [5, 5.41) is 13.7. The molecule has 0 atom stereocenters. The third-order valence-corrected chi connectivity index (χ3v) is 5.01. The van der Waals surface area contributed by atoms with E-state index in [0.717, 1.165) is 47.8 Å². The molecule has 2 fully saturated rings. The molecule has 4 rings (SSSR count). The minimum absolute atomic E-state index is 0.00751. The van der Waals surface area contributed by atoms with Gasteiger partial charge in [-0.05, 0) is 50.7 Å². The number of benzene rings is 1. The molecule has 4 heteroatoms. The molecule has 1 aromatic carbocycles. The molecule has 2 aliphatic carbocycles. The standard InChI is InChI=1S/C19H22N2O2/c22-14-9-7-13(8-10-14)20-19(23)16-11-18(12-5-6-12)21-17-4-2-1-3-15(16)17/h1-4,11-14,22H,5-10H2,(H,20,23). The van der Waals surface area contributed by atoms with Crippen LogP contribution >= 0.6 is 0 Å². The van der Waals surface area contributed by atoms with Crippen LogP contribution in [0.2, 0.25) is 0 Å². The Morgan fingerprint density at radius 2 is 1.83 bits per heavy atom. The zero-order valence-electron chi connectivity index (χ0n) is 13.2. The Kier molecular flexibility index (Phi) is 3.77. The maximum Gasteiger partial charge on any atom is 0.252 e. The van der Waals surface area contributed by atoms with E-state index < -0.39 is 0 Å². The van der Waals surface area contributed by atoms with Gasteiger partial charge in [0.2, 0.25) is 0 Å². The average molecular weight is 310 g/mol. The first-order valence-corrected chi connectivity index (χ1v) is 8.59. The summed E-state index contributed by atoms with van der Waals surface area (Å²) in [6.07, 6.45) is 5.40. The molecular weight excluding hydrogens is 288 g/mol. The number of para-hydroxylation sites is 1. The number of aromatic nitrogens is 1. The van der Waals surface area contributed by atoms with Crippen LogP contribution < -0.4 is 5.32 Å². The number of carbonyl (C=O) groups excluding carboxylic acids is 1. The van der Waals surface area contributed by atoms with Crippen LogP contribution in [0.1, 0.15) is 60.5 Å². The highest BCUT2D eigenvalue weighted by atomic mass is 16.3. The van der Waals surface area contributed by atoms with Crippen molar-refractivity contribution < 1.29 is 9.90 Å². The van der Waals surface area contributed by atoms with Gasteiger partial charge in [0.15, 0.2) is 0 Å². The fraction of sp³-hybridized carbons (Fsp3) is 0.474. The van der Waals surface area contributed by atoms with Gasteiger partial charge in [0.05, 0.1) is 17.2 Å². The molecule has 0 spiro atoms. The number of aliphatic hydroxyl groups excluding tert-OH is 1. The first-order valence-electron chi connectivity index (χ1n) is 8.59. The number of amides is 1. The van der Waals surface area contributed by atoms with Crippen LogP contribution in [0.25, 0.3) is 10.9 Å². The molecule has 2 N–H and O–H groups in total. The van der Waals surface area contributed by atoms with Crippen LogP contribution in [-0.2, 0) is 0 Å². The van der Waals surface area contributed by atoms with E-state index in [1.165, 1.54) is 12.8 Å². The Bertz CT molecular complexity index is 731. The Balaban J connectivity index is 1.62. The second-order valence-corrected chi connectivity index (χ2v) is 6.87. The van der Waals surface area contributed by atoms with Gasteiger partial charge in [-0.25, -0.2) is 0 Å². The van der Waals surface area contributed by atoms with Gasteiger partial charge in [0.25, 0.3) is 5.91 Å². The first kappa shape index (κ1) is 14.6. The van der Waals surface area contributed by atoms with Gasteiger partial charge in [-0.1, -0.05) is 18.2 Å². The maximum atomic E-state index is 12.8. The van der Waals surface area contributed by atoms with Gasteiger partial charge < -0.3 is 10.4 Å². The summed E-state index contributed by atoms with van der Waals surface area (Å²) in [6, 6.07) is 10.0. The Morgan fingerprint density at radius 1 is 1.09 bits per heavy atom. The monoisotopic (exact) mass is 310 g/mol. The Hall–Kier alpha value is -1.94. The van der Waals surface area contributed by atoms with Crippen molar-refractivity contribution in [3.63, 3.8) is 0 Å². The summed E-state index contributed by atoms with van der Waals surface area (Å²) >= 11 is 0. The number of rotatable bonds is 3. The lowest BCUT2D eigenvalue weighted by atomic mass is 9.93. The summed E-state index contributed by atoms with van der Waals surface area (Å²) in [5.41, 5.74) is 2.69. The van der Waals surface area contributed by atoms with E-state index in [1.54, 1.807) is 0 Å². The minimum Gasteiger partial charge on any atom is -0.393 e. The smallest absolute Gasteiger partial charge is 0.252 e. The van der Waals surface area contributed by atoms with Crippen LogP contribution in [0.15, 0.2) is 30.3 Å². The third-order valence-electron chi connectivity index (χ3n) is 5.01. The fourth-order valence-electron chi connectivity index (χ4n) is 3.46. The fourth-order valence-corrected chi connectivity index (χ4v) is 3.46. The Labute approximate surface area is 135 Å². The van der Waals surface area contributed by atoms with Gasteiger partial charge in [-0.15, -0.1) is 0 Å². The zero-order valence-corrected chi connectivity index (χ0v) is 13.2. The molecule has 0 radical (unpaired) electrons. The molecule has 1 heterocycles. The SMILES string of the molecule is O=C(NC1CCC(O)CC1)c1cc(C2CC2)nc2ccccc12. The summed E-state index contributed by atoms with van der Waals surface area (Å²) in [7, 11) is 0. The van der Waals surface area contributed by atoms with E-state index in [4.69, 9.17) is 4.98 Å². The number of aliphatic hydroxyl groups is 1. The van der Waals surface area contributed by atoms with Crippen LogP contribution in [0.5, 0.6) is 0 Å². The second-order valence-electron chi connectivity index (χ2n) is 6.87. The molecule has 0 saturated heterocycles. The number of pyridine rings is 1. The number of hydrogen-bond acceptors (Lipinski definition) is 3. The van der Waals surface area contributed by atoms with Crippen molar-refractivity contribution in [2.75, 3.05) is 0 Å². The molecule has 23 heavy (non-hydrogen) atoms. The van der Waals surface area contributed by atoms with Crippen LogP contribution in [0, 0.1) is 0 Å². The number of nitrogens with zero attached hydrogens (tertiary/aromatic N) is 1. The molecule has 2 aliphatic rings. The van der Waals surface area contributed by atoms with E-state index >= 15 is 0 Å². The number of fused-ring (bicyclic) bond motifs is 1. The van der Waals surface area contributed by atoms with Gasteiger partial charge in [0, 0.05) is 23.0 Å². The molecular formula is C19H22N2O2. The molecule has 4 nitrogen and oxygen atoms in total. The van der Waals surface area contributed by atoms with E-state index in [9.17, 15) is 9.90 Å². The summed E-state index contributed by atoms with van der Waals surface area (Å²) in [4.78, 5) is 17.5. The second kappa shape index (κ2) is 5.93. The predicted octanol–water partition coefficient (Wildman–Crippen LogP) is 3.15. The van der Waals surface area contributed by atoms with E-state index in [-0.39, 0.29) is 18.1 Å². The molecule has 1 amide bonds. The molecule has 1 aromatic heterocycles. The van der Waals surface area contributed by atoms with Crippen molar-refractivity contribution >= 4 is 16.8 Å². The van der Waals surface area contributed by atoms with Crippen LogP contribution in [0.4, 0.5) is 0 Å². The number of nitrogens with one attached hydrogen (secondary N) is 1. The number of carbonyl (C=O) groups is 1. The van der Waals surface area contributed by atoms with Crippen molar-refractivity contribution in [3.05, 3.63) is 41.6 Å². The highest BCUT2D eigenvalue weighted by Crippen LogP contribution is 2.40. The summed E-state index contributed by atoms with van der Waals surface area (Å²) < 4.78 is 0. The molecule has 0 unspecified atom stereocenters. The quantitative estimate of drug-likeness (QED) is 0.915. The number of hydrogen-bond donors (Lipinski definition) is 2. The van der Waals surface area contributed by atoms with Crippen molar-refractivity contribution in [1.29, 1.82) is 0 Å². The topological polar surface area (TPSA) is 62.2 Å². The molecule has 2 saturated carbocycles. The van der Waals surface area contributed by atoms with Crippen LogP contribution in [0.3, 0.4) is 0 Å². The van der Waals surface area contributed by atoms with Gasteiger partial charge in [-0.2, -0.15) is 0 Å². The Morgan fingerprint density at radius 3 is 2.57 bits per heavy atom. The highest BCUT2D eigenvalue weighted by molar-refractivity contribution is 6.06. The lowest BCUT2D eigenvalue weighted by Crippen LogP contribution is -2.38.